The Balaban J connectivity index is 2.11. The first-order valence-corrected chi connectivity index (χ1v) is 7.97. The van der Waals surface area contributed by atoms with Crippen molar-refractivity contribution in [2.75, 3.05) is 0 Å². The summed E-state index contributed by atoms with van der Waals surface area (Å²) in [5, 5.41) is 2.14. The van der Waals surface area contributed by atoms with Crippen LogP contribution in [0.5, 0.6) is 0 Å². The highest BCUT2D eigenvalue weighted by molar-refractivity contribution is 7.10. The average molecular weight is 277 g/mol. The van der Waals surface area contributed by atoms with Crippen LogP contribution in [0.4, 0.5) is 0 Å². The summed E-state index contributed by atoms with van der Waals surface area (Å²) in [6.07, 6.45) is 6.59. The van der Waals surface area contributed by atoms with Gasteiger partial charge in [0.1, 0.15) is 0 Å². The van der Waals surface area contributed by atoms with E-state index in [1.807, 2.05) is 0 Å². The molecule has 0 saturated carbocycles. The van der Waals surface area contributed by atoms with E-state index in [2.05, 4.69) is 36.3 Å². The molecule has 0 aliphatic heterocycles. The maximum Gasteiger partial charge on any atom is 0.220 e. The first kappa shape index (κ1) is 14.3. The van der Waals surface area contributed by atoms with Gasteiger partial charge in [-0.15, -0.1) is 11.3 Å². The smallest absolute Gasteiger partial charge is 0.220 e. The van der Waals surface area contributed by atoms with Crippen LogP contribution in [0.3, 0.4) is 0 Å². The lowest BCUT2D eigenvalue weighted by atomic mass is 9.94. The summed E-state index contributed by atoms with van der Waals surface area (Å²) in [5.74, 6) is 0.200. The Morgan fingerprint density at radius 3 is 2.89 bits per heavy atom. The van der Waals surface area contributed by atoms with E-state index in [9.17, 15) is 4.79 Å². The molecule has 1 unspecified atom stereocenters. The van der Waals surface area contributed by atoms with Gasteiger partial charge in [-0.2, -0.15) is 0 Å². The SMILES string of the molecule is CCc1sccc1CN(C(C)=O)C1CC=C(C)CC1. The number of amides is 1. The monoisotopic (exact) mass is 277 g/mol. The van der Waals surface area contributed by atoms with Gasteiger partial charge in [0.15, 0.2) is 0 Å². The lowest BCUT2D eigenvalue weighted by Gasteiger charge is -2.33. The van der Waals surface area contributed by atoms with Gasteiger partial charge in [-0.1, -0.05) is 18.6 Å². The molecular weight excluding hydrogens is 254 g/mol. The van der Waals surface area contributed by atoms with Crippen molar-refractivity contribution < 1.29 is 4.79 Å². The van der Waals surface area contributed by atoms with E-state index in [-0.39, 0.29) is 5.91 Å². The van der Waals surface area contributed by atoms with Gasteiger partial charge in [0.2, 0.25) is 5.91 Å². The molecule has 1 heterocycles. The molecule has 3 heteroatoms. The van der Waals surface area contributed by atoms with Gasteiger partial charge in [0, 0.05) is 24.4 Å². The van der Waals surface area contributed by atoms with E-state index >= 15 is 0 Å². The second-order valence-electron chi connectivity index (χ2n) is 5.35. The summed E-state index contributed by atoms with van der Waals surface area (Å²) in [5.41, 5.74) is 2.79. The number of carbonyl (C=O) groups excluding carboxylic acids is 1. The van der Waals surface area contributed by atoms with E-state index in [1.165, 1.54) is 16.0 Å². The van der Waals surface area contributed by atoms with Crippen molar-refractivity contribution in [3.05, 3.63) is 33.5 Å². The van der Waals surface area contributed by atoms with E-state index in [0.29, 0.717) is 6.04 Å². The third-order valence-corrected chi connectivity index (χ3v) is 5.06. The van der Waals surface area contributed by atoms with Gasteiger partial charge in [-0.3, -0.25) is 4.79 Å². The van der Waals surface area contributed by atoms with Crippen LogP contribution < -0.4 is 0 Å². The maximum absolute atomic E-state index is 12.0. The standard InChI is InChI=1S/C16H23NOS/c1-4-16-14(9-10-19-16)11-17(13(3)18)15-7-5-12(2)6-8-15/h5,9-10,15H,4,6-8,11H2,1-3H3. The van der Waals surface area contributed by atoms with Gasteiger partial charge in [0.25, 0.3) is 0 Å². The number of hydrogen-bond donors (Lipinski definition) is 0. The molecule has 1 aliphatic carbocycles. The zero-order valence-corrected chi connectivity index (χ0v) is 12.9. The maximum atomic E-state index is 12.0. The van der Waals surface area contributed by atoms with E-state index in [1.54, 1.807) is 18.3 Å². The lowest BCUT2D eigenvalue weighted by molar-refractivity contribution is -0.132. The quantitative estimate of drug-likeness (QED) is 0.757. The van der Waals surface area contributed by atoms with E-state index in [0.717, 1.165) is 32.2 Å². The number of rotatable bonds is 4. The second-order valence-corrected chi connectivity index (χ2v) is 6.35. The highest BCUT2D eigenvalue weighted by Crippen LogP contribution is 2.26. The van der Waals surface area contributed by atoms with Crippen LogP contribution in [-0.2, 0) is 17.8 Å². The van der Waals surface area contributed by atoms with E-state index < -0.39 is 0 Å². The third kappa shape index (κ3) is 3.47. The highest BCUT2D eigenvalue weighted by atomic mass is 32.1. The fraction of sp³-hybridized carbons (Fsp3) is 0.562. The Labute approximate surface area is 120 Å². The van der Waals surface area contributed by atoms with Crippen LogP contribution >= 0.6 is 11.3 Å². The normalized spacial score (nSPS) is 19.1. The zero-order valence-electron chi connectivity index (χ0n) is 12.1. The van der Waals surface area contributed by atoms with Crippen molar-refractivity contribution >= 4 is 17.2 Å². The molecule has 0 spiro atoms. The van der Waals surface area contributed by atoms with Crippen molar-refractivity contribution in [1.29, 1.82) is 0 Å². The molecule has 2 rings (SSSR count). The van der Waals surface area contributed by atoms with Gasteiger partial charge in [0.05, 0.1) is 0 Å². The molecule has 0 bridgehead atoms. The largest absolute Gasteiger partial charge is 0.335 e. The molecule has 1 aliphatic rings. The zero-order chi connectivity index (χ0) is 13.8. The average Bonchev–Trinajstić information content (AvgIpc) is 2.84. The molecule has 19 heavy (non-hydrogen) atoms. The fourth-order valence-corrected chi connectivity index (χ4v) is 3.58. The van der Waals surface area contributed by atoms with Crippen molar-refractivity contribution in [2.24, 2.45) is 0 Å². The molecule has 0 radical (unpaired) electrons. The van der Waals surface area contributed by atoms with Gasteiger partial charge < -0.3 is 4.90 Å². The first-order chi connectivity index (χ1) is 9.11. The highest BCUT2D eigenvalue weighted by Gasteiger charge is 2.23. The summed E-state index contributed by atoms with van der Waals surface area (Å²) in [6, 6.07) is 2.55. The van der Waals surface area contributed by atoms with Crippen LogP contribution in [0.15, 0.2) is 23.1 Å². The summed E-state index contributed by atoms with van der Waals surface area (Å²) < 4.78 is 0. The van der Waals surface area contributed by atoms with Crippen LogP contribution in [-0.4, -0.2) is 16.8 Å². The molecule has 1 amide bonds. The van der Waals surface area contributed by atoms with Crippen LogP contribution in [0, 0.1) is 0 Å². The summed E-state index contributed by atoms with van der Waals surface area (Å²) in [7, 11) is 0. The molecule has 0 saturated heterocycles. The number of thiophene rings is 1. The fourth-order valence-electron chi connectivity index (χ4n) is 2.73. The summed E-state index contributed by atoms with van der Waals surface area (Å²) in [4.78, 5) is 15.4. The number of aryl methyl sites for hydroxylation is 1. The molecule has 0 fully saturated rings. The number of carbonyl (C=O) groups is 1. The van der Waals surface area contributed by atoms with E-state index in [4.69, 9.17) is 0 Å². The molecule has 104 valence electrons. The minimum Gasteiger partial charge on any atom is -0.335 e. The topological polar surface area (TPSA) is 20.3 Å². The Morgan fingerprint density at radius 1 is 1.53 bits per heavy atom. The molecule has 1 aromatic rings. The number of hydrogen-bond acceptors (Lipinski definition) is 2. The van der Waals surface area contributed by atoms with Gasteiger partial charge >= 0.3 is 0 Å². The predicted molar refractivity (Wildman–Crippen MR) is 81.3 cm³/mol. The predicted octanol–water partition coefficient (Wildman–Crippen LogP) is 4.16. The molecular formula is C16H23NOS. The molecule has 0 N–H and O–H groups in total. The summed E-state index contributed by atoms with van der Waals surface area (Å²) in [6.45, 7) is 6.84. The van der Waals surface area contributed by atoms with Crippen molar-refractivity contribution in [2.45, 2.75) is 59.0 Å². The Hall–Kier alpha value is -1.09. The van der Waals surface area contributed by atoms with Gasteiger partial charge in [-0.05, 0) is 49.6 Å². The third-order valence-electron chi connectivity index (χ3n) is 3.96. The van der Waals surface area contributed by atoms with Crippen LogP contribution in [0.2, 0.25) is 0 Å². The molecule has 0 aromatic carbocycles. The first-order valence-electron chi connectivity index (χ1n) is 7.10. The van der Waals surface area contributed by atoms with Crippen LogP contribution in [0.1, 0.15) is 50.5 Å². The molecule has 2 nitrogen and oxygen atoms in total. The van der Waals surface area contributed by atoms with Crippen molar-refractivity contribution in [3.63, 3.8) is 0 Å². The molecule has 1 atom stereocenters. The van der Waals surface area contributed by atoms with Crippen molar-refractivity contribution in [1.82, 2.24) is 4.90 Å². The number of allylic oxidation sites excluding steroid dienone is 1. The molecule has 1 aromatic heterocycles. The lowest BCUT2D eigenvalue weighted by Crippen LogP contribution is -2.39. The minimum atomic E-state index is 0.200. The Morgan fingerprint density at radius 2 is 2.32 bits per heavy atom. The van der Waals surface area contributed by atoms with Gasteiger partial charge in [-0.25, -0.2) is 0 Å². The minimum absolute atomic E-state index is 0.200. The Bertz CT molecular complexity index is 475. The van der Waals surface area contributed by atoms with Crippen LogP contribution in [0.25, 0.3) is 0 Å². The summed E-state index contributed by atoms with van der Waals surface area (Å²) >= 11 is 1.80. The van der Waals surface area contributed by atoms with Crippen molar-refractivity contribution in [3.8, 4) is 0 Å². The number of nitrogens with zero attached hydrogens (tertiary/aromatic N) is 1. The second kappa shape index (κ2) is 6.38. The Kier molecular flexibility index (Phi) is 4.81.